The summed E-state index contributed by atoms with van der Waals surface area (Å²) in [5.74, 6) is 1.64. The molecule has 3 N–H and O–H groups in total. The predicted molar refractivity (Wildman–Crippen MR) is 121 cm³/mol. The van der Waals surface area contributed by atoms with E-state index in [2.05, 4.69) is 53.9 Å². The number of nitrogens with one attached hydrogen (secondary N) is 3. The lowest BCUT2D eigenvalue weighted by Gasteiger charge is -2.30. The number of H-pyrrole nitrogens is 1. The molecule has 1 aromatic heterocycles. The monoisotopic (exact) mass is 402 g/mol. The minimum Gasteiger partial charge on any atom is -0.361 e. The second-order valence-corrected chi connectivity index (χ2v) is 9.63. The molecule has 1 saturated carbocycles. The van der Waals surface area contributed by atoms with Gasteiger partial charge in [-0.15, -0.1) is 0 Å². The van der Waals surface area contributed by atoms with Crippen LogP contribution in [0.25, 0.3) is 10.9 Å². The van der Waals surface area contributed by atoms with Gasteiger partial charge in [0.2, 0.25) is 0 Å². The Morgan fingerprint density at radius 3 is 2.96 bits per heavy atom. The minimum atomic E-state index is -0.698. The van der Waals surface area contributed by atoms with E-state index in [0.717, 1.165) is 56.9 Å². The standard InChI is InChI=1S/C22H34N4OS/c1-4-23-22(26-18-9-7-10-19(14-18)28(27)5-2)24-13-12-17-15-25-21-16(3)8-6-11-20(17)21/h6,8,11,15,18-19,25H,4-5,7,9-10,12-14H2,1-3H3,(H2,23,24,26). The van der Waals surface area contributed by atoms with E-state index in [0.29, 0.717) is 11.3 Å². The van der Waals surface area contributed by atoms with Crippen molar-refractivity contribution in [3.8, 4) is 0 Å². The molecule has 1 fully saturated rings. The first-order valence-electron chi connectivity index (χ1n) is 10.6. The second kappa shape index (κ2) is 10.1. The van der Waals surface area contributed by atoms with Crippen molar-refractivity contribution in [2.24, 2.45) is 4.99 Å². The van der Waals surface area contributed by atoms with E-state index >= 15 is 0 Å². The van der Waals surface area contributed by atoms with Crippen LogP contribution in [-0.2, 0) is 17.2 Å². The van der Waals surface area contributed by atoms with Gasteiger partial charge in [0.15, 0.2) is 5.96 Å². The first-order valence-corrected chi connectivity index (χ1v) is 12.0. The zero-order chi connectivity index (χ0) is 19.9. The van der Waals surface area contributed by atoms with Crippen LogP contribution in [0.15, 0.2) is 29.4 Å². The lowest BCUT2D eigenvalue weighted by Crippen LogP contribution is -2.46. The molecule has 0 radical (unpaired) electrons. The summed E-state index contributed by atoms with van der Waals surface area (Å²) in [6.45, 7) is 7.83. The highest BCUT2D eigenvalue weighted by Crippen LogP contribution is 2.23. The fraction of sp³-hybridized carbons (Fsp3) is 0.591. The number of hydrogen-bond acceptors (Lipinski definition) is 2. The summed E-state index contributed by atoms with van der Waals surface area (Å²) in [4.78, 5) is 8.20. The van der Waals surface area contributed by atoms with Crippen molar-refractivity contribution >= 4 is 27.7 Å². The Balaban J connectivity index is 1.60. The molecule has 0 spiro atoms. The Morgan fingerprint density at radius 2 is 2.18 bits per heavy atom. The van der Waals surface area contributed by atoms with Crippen LogP contribution in [0.1, 0.15) is 50.7 Å². The van der Waals surface area contributed by atoms with Crippen molar-refractivity contribution in [3.63, 3.8) is 0 Å². The van der Waals surface area contributed by atoms with Gasteiger partial charge in [-0.1, -0.05) is 31.5 Å². The molecule has 2 aromatic rings. The van der Waals surface area contributed by atoms with Crippen LogP contribution in [0.5, 0.6) is 0 Å². The molecule has 0 saturated heterocycles. The molecule has 1 aliphatic carbocycles. The van der Waals surface area contributed by atoms with Gasteiger partial charge in [0.05, 0.1) is 0 Å². The molecule has 6 heteroatoms. The van der Waals surface area contributed by atoms with Gasteiger partial charge in [0, 0.05) is 58.0 Å². The Morgan fingerprint density at radius 1 is 1.32 bits per heavy atom. The Bertz CT molecular complexity index is 829. The number of para-hydroxylation sites is 1. The van der Waals surface area contributed by atoms with Gasteiger partial charge in [0.25, 0.3) is 0 Å². The van der Waals surface area contributed by atoms with Gasteiger partial charge < -0.3 is 15.6 Å². The van der Waals surface area contributed by atoms with E-state index in [9.17, 15) is 4.21 Å². The third kappa shape index (κ3) is 5.16. The van der Waals surface area contributed by atoms with Gasteiger partial charge >= 0.3 is 0 Å². The van der Waals surface area contributed by atoms with Crippen molar-refractivity contribution < 1.29 is 4.21 Å². The van der Waals surface area contributed by atoms with E-state index in [1.54, 1.807) is 0 Å². The highest BCUT2D eigenvalue weighted by Gasteiger charge is 2.26. The van der Waals surface area contributed by atoms with Crippen LogP contribution in [0.3, 0.4) is 0 Å². The number of aryl methyl sites for hydroxylation is 1. The van der Waals surface area contributed by atoms with Gasteiger partial charge in [-0.25, -0.2) is 0 Å². The van der Waals surface area contributed by atoms with E-state index in [-0.39, 0.29) is 0 Å². The summed E-state index contributed by atoms with van der Waals surface area (Å²) in [6.07, 6.45) is 7.36. The van der Waals surface area contributed by atoms with Gasteiger partial charge in [-0.05, 0) is 50.7 Å². The maximum Gasteiger partial charge on any atom is 0.191 e. The number of benzene rings is 1. The minimum absolute atomic E-state index is 0.327. The van der Waals surface area contributed by atoms with Crippen LogP contribution in [0, 0.1) is 6.92 Å². The Labute approximate surface area is 171 Å². The summed E-state index contributed by atoms with van der Waals surface area (Å²) < 4.78 is 12.2. The summed E-state index contributed by atoms with van der Waals surface area (Å²) in [5, 5.41) is 8.58. The van der Waals surface area contributed by atoms with E-state index in [1.165, 1.54) is 22.0 Å². The molecular weight excluding hydrogens is 368 g/mol. The molecule has 1 heterocycles. The molecule has 3 rings (SSSR count). The van der Waals surface area contributed by atoms with Crippen molar-refractivity contribution in [1.82, 2.24) is 15.6 Å². The summed E-state index contributed by atoms with van der Waals surface area (Å²) in [6, 6.07) is 6.79. The molecule has 0 bridgehead atoms. The maximum atomic E-state index is 12.2. The smallest absolute Gasteiger partial charge is 0.191 e. The lowest BCUT2D eigenvalue weighted by molar-refractivity contribution is 0.413. The number of rotatable bonds is 7. The quantitative estimate of drug-likeness (QED) is 0.489. The van der Waals surface area contributed by atoms with Crippen LogP contribution in [0.2, 0.25) is 0 Å². The van der Waals surface area contributed by atoms with Crippen molar-refractivity contribution in [3.05, 3.63) is 35.5 Å². The van der Waals surface area contributed by atoms with Gasteiger partial charge in [-0.3, -0.25) is 9.20 Å². The van der Waals surface area contributed by atoms with Gasteiger partial charge in [-0.2, -0.15) is 0 Å². The van der Waals surface area contributed by atoms with Crippen LogP contribution >= 0.6 is 0 Å². The number of aromatic nitrogens is 1. The molecule has 1 aromatic carbocycles. The number of guanidine groups is 1. The Hall–Kier alpha value is -1.82. The van der Waals surface area contributed by atoms with Crippen LogP contribution in [-0.4, -0.2) is 45.3 Å². The van der Waals surface area contributed by atoms with Crippen molar-refractivity contribution in [1.29, 1.82) is 0 Å². The summed E-state index contributed by atoms with van der Waals surface area (Å²) in [5.41, 5.74) is 3.82. The highest BCUT2D eigenvalue weighted by atomic mass is 32.2. The Kier molecular flexibility index (Phi) is 7.54. The molecule has 5 nitrogen and oxygen atoms in total. The van der Waals surface area contributed by atoms with Crippen LogP contribution < -0.4 is 10.6 Å². The molecule has 3 unspecified atom stereocenters. The molecule has 0 amide bonds. The first-order chi connectivity index (χ1) is 13.6. The van der Waals surface area contributed by atoms with Crippen molar-refractivity contribution in [2.75, 3.05) is 18.8 Å². The largest absolute Gasteiger partial charge is 0.361 e. The SMILES string of the molecule is CCNC(=NCCc1c[nH]c2c(C)cccc12)NC1CCCC(S(=O)CC)C1. The van der Waals surface area contributed by atoms with Crippen LogP contribution in [0.4, 0.5) is 0 Å². The van der Waals surface area contributed by atoms with E-state index in [1.807, 2.05) is 6.92 Å². The predicted octanol–water partition coefficient (Wildman–Crippen LogP) is 3.65. The zero-order valence-corrected chi connectivity index (χ0v) is 18.2. The number of aromatic amines is 1. The topological polar surface area (TPSA) is 69.3 Å². The maximum absolute atomic E-state index is 12.2. The van der Waals surface area contributed by atoms with E-state index in [4.69, 9.17) is 4.99 Å². The molecular formula is C22H34N4OS. The molecule has 1 aliphatic rings. The number of aliphatic imine (C=N–C) groups is 1. The average molecular weight is 403 g/mol. The average Bonchev–Trinajstić information content (AvgIpc) is 3.12. The van der Waals surface area contributed by atoms with Crippen molar-refractivity contribution in [2.45, 2.75) is 64.2 Å². The number of nitrogens with zero attached hydrogens (tertiary/aromatic N) is 1. The third-order valence-corrected chi connectivity index (χ3v) is 7.37. The summed E-state index contributed by atoms with van der Waals surface area (Å²) in [7, 11) is -0.698. The number of hydrogen-bond donors (Lipinski definition) is 3. The molecule has 0 aliphatic heterocycles. The second-order valence-electron chi connectivity index (χ2n) is 7.62. The third-order valence-electron chi connectivity index (χ3n) is 5.63. The lowest BCUT2D eigenvalue weighted by atomic mass is 9.95. The van der Waals surface area contributed by atoms with E-state index < -0.39 is 10.8 Å². The fourth-order valence-electron chi connectivity index (χ4n) is 4.12. The number of fused-ring (bicyclic) bond motifs is 1. The molecule has 28 heavy (non-hydrogen) atoms. The highest BCUT2D eigenvalue weighted by molar-refractivity contribution is 7.85. The normalized spacial score (nSPS) is 21.6. The molecule has 3 atom stereocenters. The first kappa shape index (κ1) is 20.9. The fourth-order valence-corrected chi connectivity index (χ4v) is 5.47. The zero-order valence-electron chi connectivity index (χ0n) is 17.4. The summed E-state index contributed by atoms with van der Waals surface area (Å²) >= 11 is 0. The molecule has 154 valence electrons. The van der Waals surface area contributed by atoms with Gasteiger partial charge in [0.1, 0.15) is 0 Å².